The maximum Gasteiger partial charge on any atom is 0.419 e. The molecule has 0 aliphatic carbocycles. The molecule has 5 nitrogen and oxygen atoms in total. The number of aliphatic hydroxyl groups is 1. The topological polar surface area (TPSA) is 86.6 Å². The molecule has 0 aromatic heterocycles. The van der Waals surface area contributed by atoms with Crippen LogP contribution in [0.4, 0.5) is 17.6 Å². The molecule has 0 heterocycles. The Labute approximate surface area is 116 Å². The van der Waals surface area contributed by atoms with Gasteiger partial charge in [0, 0.05) is 5.56 Å². The smallest absolute Gasteiger partial charge is 0.419 e. The van der Waals surface area contributed by atoms with E-state index in [1.54, 1.807) is 0 Å². The van der Waals surface area contributed by atoms with E-state index >= 15 is 0 Å². The number of hydrogen-bond acceptors (Lipinski definition) is 3. The van der Waals surface area contributed by atoms with Crippen molar-refractivity contribution in [2.45, 2.75) is 25.2 Å². The van der Waals surface area contributed by atoms with Crippen LogP contribution in [0.2, 0.25) is 0 Å². The number of carbonyl (C=O) groups excluding carboxylic acids is 1. The molecule has 0 radical (unpaired) electrons. The number of rotatable bonds is 4. The third-order valence-corrected chi connectivity index (χ3v) is 2.57. The monoisotopic (exact) mass is 309 g/mol. The Bertz CT molecular complexity index is 557. The molecule has 0 fully saturated rings. The van der Waals surface area contributed by atoms with E-state index in [0.717, 1.165) is 13.0 Å². The highest BCUT2D eigenvalue weighted by atomic mass is 19.4. The fourth-order valence-corrected chi connectivity index (χ4v) is 1.50. The number of carbonyl (C=O) groups is 2. The molecule has 21 heavy (non-hydrogen) atoms. The number of carboxylic acid groups (broad SMARTS) is 1. The highest BCUT2D eigenvalue weighted by Gasteiger charge is 2.35. The average Bonchev–Trinajstić information content (AvgIpc) is 2.33. The van der Waals surface area contributed by atoms with E-state index in [2.05, 4.69) is 0 Å². The Morgan fingerprint density at radius 3 is 2.29 bits per heavy atom. The lowest BCUT2D eigenvalue weighted by Crippen LogP contribution is -2.47. The zero-order valence-electron chi connectivity index (χ0n) is 10.6. The molecule has 1 amide bonds. The summed E-state index contributed by atoms with van der Waals surface area (Å²) in [7, 11) is 0. The molecule has 0 aliphatic rings. The van der Waals surface area contributed by atoms with Gasteiger partial charge < -0.3 is 15.5 Å². The Balaban J connectivity index is 3.06. The molecule has 3 N–H and O–H groups in total. The van der Waals surface area contributed by atoms with Crippen molar-refractivity contribution in [2.24, 2.45) is 0 Å². The number of halogens is 4. The lowest BCUT2D eigenvalue weighted by Gasteiger charge is -2.17. The second kappa shape index (κ2) is 6.08. The minimum atomic E-state index is -4.99. The fraction of sp³-hybridized carbons (Fsp3) is 0.333. The van der Waals surface area contributed by atoms with Gasteiger partial charge >= 0.3 is 12.1 Å². The van der Waals surface area contributed by atoms with Gasteiger partial charge in [0.25, 0.3) is 5.91 Å². The van der Waals surface area contributed by atoms with Gasteiger partial charge in [0.15, 0.2) is 6.04 Å². The molecular weight excluding hydrogens is 298 g/mol. The zero-order valence-corrected chi connectivity index (χ0v) is 10.6. The fourth-order valence-electron chi connectivity index (χ4n) is 1.50. The molecule has 0 unspecified atom stereocenters. The van der Waals surface area contributed by atoms with Crippen LogP contribution in [-0.4, -0.2) is 34.2 Å². The van der Waals surface area contributed by atoms with E-state index in [1.807, 2.05) is 5.32 Å². The lowest BCUT2D eigenvalue weighted by atomic mass is 10.1. The Morgan fingerprint density at radius 2 is 1.86 bits per heavy atom. The van der Waals surface area contributed by atoms with Crippen molar-refractivity contribution in [3.63, 3.8) is 0 Å². The quantitative estimate of drug-likeness (QED) is 0.734. The van der Waals surface area contributed by atoms with Crippen LogP contribution in [0.1, 0.15) is 22.8 Å². The SMILES string of the molecule is C[C@@H](O)[C@H](NC(=O)c1ccc(F)c(C(F)(F)F)c1)C(=O)O. The first-order chi connectivity index (χ1) is 9.54. The molecule has 116 valence electrons. The molecule has 0 aliphatic heterocycles. The first kappa shape index (κ1) is 16.9. The van der Waals surface area contributed by atoms with Gasteiger partial charge in [-0.15, -0.1) is 0 Å². The van der Waals surface area contributed by atoms with Crippen LogP contribution in [-0.2, 0) is 11.0 Å². The molecule has 0 spiro atoms. The second-order valence-corrected chi connectivity index (χ2v) is 4.22. The van der Waals surface area contributed by atoms with Crippen molar-refractivity contribution in [1.29, 1.82) is 0 Å². The van der Waals surface area contributed by atoms with Gasteiger partial charge in [-0.3, -0.25) is 4.79 Å². The van der Waals surface area contributed by atoms with Crippen molar-refractivity contribution in [3.8, 4) is 0 Å². The molecule has 2 atom stereocenters. The molecule has 1 rings (SSSR count). The Kier molecular flexibility index (Phi) is 4.89. The van der Waals surface area contributed by atoms with E-state index < -0.39 is 47.1 Å². The number of benzene rings is 1. The summed E-state index contributed by atoms with van der Waals surface area (Å²) in [5, 5.41) is 19.8. The third-order valence-electron chi connectivity index (χ3n) is 2.57. The molecular formula is C12H11F4NO4. The Hall–Kier alpha value is -2.16. The number of alkyl halides is 3. The molecule has 0 saturated heterocycles. The summed E-state index contributed by atoms with van der Waals surface area (Å²) >= 11 is 0. The first-order valence-corrected chi connectivity index (χ1v) is 5.62. The molecule has 0 bridgehead atoms. The van der Waals surface area contributed by atoms with Crippen LogP contribution < -0.4 is 5.32 Å². The van der Waals surface area contributed by atoms with Crippen molar-refractivity contribution in [3.05, 3.63) is 35.1 Å². The van der Waals surface area contributed by atoms with E-state index in [0.29, 0.717) is 6.07 Å². The van der Waals surface area contributed by atoms with Crippen LogP contribution >= 0.6 is 0 Å². The molecule has 9 heteroatoms. The van der Waals surface area contributed by atoms with Gasteiger partial charge in [0.05, 0.1) is 11.7 Å². The molecule has 1 aromatic rings. The van der Waals surface area contributed by atoms with Crippen LogP contribution in [0.3, 0.4) is 0 Å². The van der Waals surface area contributed by atoms with Gasteiger partial charge in [-0.05, 0) is 25.1 Å². The number of hydrogen-bond donors (Lipinski definition) is 3. The third kappa shape index (κ3) is 4.15. The van der Waals surface area contributed by atoms with Crippen LogP contribution in [0.15, 0.2) is 18.2 Å². The maximum atomic E-state index is 13.1. The summed E-state index contributed by atoms with van der Waals surface area (Å²) in [5.74, 6) is -4.28. The Morgan fingerprint density at radius 1 is 1.29 bits per heavy atom. The normalized spacial score (nSPS) is 14.4. The number of aliphatic carboxylic acids is 1. The van der Waals surface area contributed by atoms with Gasteiger partial charge in [-0.25, -0.2) is 9.18 Å². The van der Waals surface area contributed by atoms with Crippen molar-refractivity contribution < 1.29 is 37.4 Å². The van der Waals surface area contributed by atoms with Crippen LogP contribution in [0.25, 0.3) is 0 Å². The average molecular weight is 309 g/mol. The van der Waals surface area contributed by atoms with Gasteiger partial charge in [0.2, 0.25) is 0 Å². The summed E-state index contributed by atoms with van der Waals surface area (Å²) in [4.78, 5) is 22.5. The molecule has 1 aromatic carbocycles. The number of aliphatic hydroxyl groups excluding tert-OH is 1. The minimum Gasteiger partial charge on any atom is -0.480 e. The van der Waals surface area contributed by atoms with Crippen molar-refractivity contribution in [1.82, 2.24) is 5.32 Å². The summed E-state index contributed by atoms with van der Waals surface area (Å²) in [6.07, 6.45) is -6.45. The van der Waals surface area contributed by atoms with E-state index in [4.69, 9.17) is 5.11 Å². The van der Waals surface area contributed by atoms with Crippen LogP contribution in [0.5, 0.6) is 0 Å². The predicted molar refractivity (Wildman–Crippen MR) is 62.0 cm³/mol. The minimum absolute atomic E-state index is 0.269. The summed E-state index contributed by atoms with van der Waals surface area (Å²) < 4.78 is 50.6. The molecule has 0 saturated carbocycles. The number of nitrogens with one attached hydrogen (secondary N) is 1. The number of amides is 1. The maximum absolute atomic E-state index is 13.1. The van der Waals surface area contributed by atoms with E-state index in [-0.39, 0.29) is 6.07 Å². The van der Waals surface area contributed by atoms with Gasteiger partial charge in [-0.2, -0.15) is 13.2 Å². The van der Waals surface area contributed by atoms with E-state index in [9.17, 15) is 32.3 Å². The number of carboxylic acids is 1. The second-order valence-electron chi connectivity index (χ2n) is 4.22. The largest absolute Gasteiger partial charge is 0.480 e. The van der Waals surface area contributed by atoms with Gasteiger partial charge in [0.1, 0.15) is 5.82 Å². The van der Waals surface area contributed by atoms with Crippen molar-refractivity contribution in [2.75, 3.05) is 0 Å². The zero-order chi connectivity index (χ0) is 16.4. The highest BCUT2D eigenvalue weighted by molar-refractivity contribution is 5.96. The lowest BCUT2D eigenvalue weighted by molar-refractivity contribution is -0.142. The van der Waals surface area contributed by atoms with Crippen LogP contribution in [0, 0.1) is 5.82 Å². The summed E-state index contributed by atoms with van der Waals surface area (Å²) in [6.45, 7) is 1.09. The van der Waals surface area contributed by atoms with Crippen molar-refractivity contribution >= 4 is 11.9 Å². The summed E-state index contributed by atoms with van der Waals surface area (Å²) in [6, 6.07) is -0.195. The standard InChI is InChI=1S/C12H11F4NO4/c1-5(18)9(11(20)21)17-10(19)6-2-3-8(13)7(4-6)12(14,15)16/h2-5,9,18H,1H3,(H,17,19)(H,20,21)/t5-,9+/m1/s1. The van der Waals surface area contributed by atoms with Gasteiger partial charge in [-0.1, -0.05) is 0 Å². The first-order valence-electron chi connectivity index (χ1n) is 5.62. The van der Waals surface area contributed by atoms with E-state index in [1.165, 1.54) is 0 Å². The summed E-state index contributed by atoms with van der Waals surface area (Å²) in [5.41, 5.74) is -2.21. The highest BCUT2D eigenvalue weighted by Crippen LogP contribution is 2.31. The predicted octanol–water partition coefficient (Wildman–Crippen LogP) is 1.41.